The fourth-order valence-corrected chi connectivity index (χ4v) is 1.54. The van der Waals surface area contributed by atoms with E-state index in [1.54, 1.807) is 6.20 Å². The van der Waals surface area contributed by atoms with Crippen LogP contribution < -0.4 is 11.1 Å². The van der Waals surface area contributed by atoms with Crippen LogP contribution in [0.4, 0.5) is 17.2 Å². The second-order valence-corrected chi connectivity index (χ2v) is 3.71. The van der Waals surface area contributed by atoms with Crippen LogP contribution >= 0.6 is 11.6 Å². The number of hydrogen-bond donors (Lipinski definition) is 3. The summed E-state index contributed by atoms with van der Waals surface area (Å²) in [5.41, 5.74) is 8.30. The Hall–Kier alpha value is -1.68. The Labute approximate surface area is 92.4 Å². The van der Waals surface area contributed by atoms with Gasteiger partial charge in [0.05, 0.1) is 16.9 Å². The van der Waals surface area contributed by atoms with E-state index in [0.717, 1.165) is 16.9 Å². The number of benzene rings is 1. The Morgan fingerprint density at radius 3 is 2.80 bits per heavy atom. The van der Waals surface area contributed by atoms with Crippen molar-refractivity contribution in [2.45, 2.75) is 6.92 Å². The zero-order chi connectivity index (χ0) is 10.8. The highest BCUT2D eigenvalue weighted by Crippen LogP contribution is 2.27. The standard InChI is InChI=1S/C10H11ClN4/c1-6-2-3-8(7(11)4-6)14-9-5-13-15-10(9)12/h2-5,14H,1H3,(H3,12,13,15). The summed E-state index contributed by atoms with van der Waals surface area (Å²) in [6, 6.07) is 5.77. The molecule has 78 valence electrons. The highest BCUT2D eigenvalue weighted by Gasteiger charge is 2.04. The van der Waals surface area contributed by atoms with Crippen molar-refractivity contribution in [2.75, 3.05) is 11.1 Å². The maximum absolute atomic E-state index is 6.06. The van der Waals surface area contributed by atoms with E-state index in [1.807, 2.05) is 25.1 Å². The summed E-state index contributed by atoms with van der Waals surface area (Å²) < 4.78 is 0. The lowest BCUT2D eigenvalue weighted by molar-refractivity contribution is 1.10. The SMILES string of the molecule is Cc1ccc(Nc2cn[nH]c2N)c(Cl)c1. The quantitative estimate of drug-likeness (QED) is 0.732. The van der Waals surface area contributed by atoms with E-state index >= 15 is 0 Å². The van der Waals surface area contributed by atoms with Gasteiger partial charge in [-0.2, -0.15) is 5.10 Å². The number of hydrogen-bond acceptors (Lipinski definition) is 3. The van der Waals surface area contributed by atoms with Crippen molar-refractivity contribution in [1.82, 2.24) is 10.2 Å². The minimum absolute atomic E-state index is 0.492. The van der Waals surface area contributed by atoms with Crippen LogP contribution in [0.15, 0.2) is 24.4 Å². The van der Waals surface area contributed by atoms with Crippen molar-refractivity contribution >= 4 is 28.8 Å². The molecule has 0 unspecified atom stereocenters. The molecule has 5 heteroatoms. The molecule has 2 rings (SSSR count). The highest BCUT2D eigenvalue weighted by molar-refractivity contribution is 6.33. The summed E-state index contributed by atoms with van der Waals surface area (Å²) >= 11 is 6.06. The van der Waals surface area contributed by atoms with Gasteiger partial charge in [-0.1, -0.05) is 17.7 Å². The Morgan fingerprint density at radius 1 is 1.40 bits per heavy atom. The summed E-state index contributed by atoms with van der Waals surface area (Å²) in [4.78, 5) is 0. The Kier molecular flexibility index (Phi) is 2.51. The summed E-state index contributed by atoms with van der Waals surface area (Å²) in [6.07, 6.45) is 1.62. The van der Waals surface area contributed by atoms with Crippen molar-refractivity contribution < 1.29 is 0 Å². The first-order valence-corrected chi connectivity index (χ1v) is 4.86. The molecule has 0 saturated heterocycles. The molecule has 0 radical (unpaired) electrons. The van der Waals surface area contributed by atoms with E-state index in [4.69, 9.17) is 17.3 Å². The number of aryl methyl sites for hydroxylation is 1. The van der Waals surface area contributed by atoms with Crippen LogP contribution in [0.1, 0.15) is 5.56 Å². The number of nitrogen functional groups attached to an aromatic ring is 1. The van der Waals surface area contributed by atoms with Gasteiger partial charge in [-0.25, -0.2) is 0 Å². The highest BCUT2D eigenvalue weighted by atomic mass is 35.5. The lowest BCUT2D eigenvalue weighted by Gasteiger charge is -2.07. The fourth-order valence-electron chi connectivity index (χ4n) is 1.26. The Bertz CT molecular complexity index is 478. The molecule has 4 nitrogen and oxygen atoms in total. The second kappa shape index (κ2) is 3.82. The number of rotatable bonds is 2. The molecule has 15 heavy (non-hydrogen) atoms. The molecule has 0 aliphatic heterocycles. The monoisotopic (exact) mass is 222 g/mol. The van der Waals surface area contributed by atoms with Crippen LogP contribution in [0.3, 0.4) is 0 Å². The predicted octanol–water partition coefficient (Wildman–Crippen LogP) is 2.70. The maximum Gasteiger partial charge on any atom is 0.143 e. The molecule has 0 amide bonds. The van der Waals surface area contributed by atoms with Crippen LogP contribution in [-0.2, 0) is 0 Å². The van der Waals surface area contributed by atoms with Crippen molar-refractivity contribution in [3.8, 4) is 0 Å². The molecule has 1 heterocycles. The zero-order valence-electron chi connectivity index (χ0n) is 8.21. The molecule has 4 N–H and O–H groups in total. The number of halogens is 1. The van der Waals surface area contributed by atoms with E-state index in [2.05, 4.69) is 15.5 Å². The fraction of sp³-hybridized carbons (Fsp3) is 0.100. The third kappa shape index (κ3) is 2.05. The lowest BCUT2D eigenvalue weighted by Crippen LogP contribution is -1.94. The molecule has 0 fully saturated rings. The van der Waals surface area contributed by atoms with E-state index in [9.17, 15) is 0 Å². The molecule has 0 saturated carbocycles. The van der Waals surface area contributed by atoms with Gasteiger partial charge < -0.3 is 11.1 Å². The number of aromatic amines is 1. The average Bonchev–Trinajstić information content (AvgIpc) is 2.57. The molecular formula is C10H11ClN4. The molecule has 2 aromatic rings. The third-order valence-corrected chi connectivity index (χ3v) is 2.38. The molecule has 0 spiro atoms. The van der Waals surface area contributed by atoms with Gasteiger partial charge in [0.2, 0.25) is 0 Å². The number of aromatic nitrogens is 2. The van der Waals surface area contributed by atoms with Gasteiger partial charge in [-0.15, -0.1) is 0 Å². The molecule has 1 aromatic heterocycles. The van der Waals surface area contributed by atoms with Crippen LogP contribution in [0, 0.1) is 6.92 Å². The topological polar surface area (TPSA) is 66.7 Å². The average molecular weight is 223 g/mol. The molecule has 0 aliphatic carbocycles. The van der Waals surface area contributed by atoms with Gasteiger partial charge in [0, 0.05) is 0 Å². The predicted molar refractivity (Wildman–Crippen MR) is 62.5 cm³/mol. The maximum atomic E-state index is 6.06. The minimum Gasteiger partial charge on any atom is -0.382 e. The summed E-state index contributed by atoms with van der Waals surface area (Å²) in [7, 11) is 0. The van der Waals surface area contributed by atoms with Crippen LogP contribution in [0.2, 0.25) is 5.02 Å². The van der Waals surface area contributed by atoms with E-state index in [1.165, 1.54) is 0 Å². The van der Waals surface area contributed by atoms with Gasteiger partial charge >= 0.3 is 0 Å². The van der Waals surface area contributed by atoms with E-state index < -0.39 is 0 Å². The Morgan fingerprint density at radius 2 is 2.20 bits per heavy atom. The molecule has 0 atom stereocenters. The second-order valence-electron chi connectivity index (χ2n) is 3.31. The van der Waals surface area contributed by atoms with Crippen LogP contribution in [0.25, 0.3) is 0 Å². The van der Waals surface area contributed by atoms with Gasteiger partial charge in [0.1, 0.15) is 11.5 Å². The van der Waals surface area contributed by atoms with Crippen molar-refractivity contribution in [3.05, 3.63) is 35.0 Å². The third-order valence-electron chi connectivity index (χ3n) is 2.06. The van der Waals surface area contributed by atoms with Crippen LogP contribution in [0.5, 0.6) is 0 Å². The normalized spacial score (nSPS) is 10.3. The summed E-state index contributed by atoms with van der Waals surface area (Å²) in [5.74, 6) is 0.492. The first-order chi connectivity index (χ1) is 7.16. The number of anilines is 3. The van der Waals surface area contributed by atoms with Gasteiger partial charge in [0.15, 0.2) is 0 Å². The van der Waals surface area contributed by atoms with Gasteiger partial charge in [-0.3, -0.25) is 5.10 Å². The minimum atomic E-state index is 0.492. The molecular weight excluding hydrogens is 212 g/mol. The number of nitrogens with zero attached hydrogens (tertiary/aromatic N) is 1. The largest absolute Gasteiger partial charge is 0.382 e. The van der Waals surface area contributed by atoms with Crippen LogP contribution in [-0.4, -0.2) is 10.2 Å². The number of nitrogens with one attached hydrogen (secondary N) is 2. The van der Waals surface area contributed by atoms with Gasteiger partial charge in [0.25, 0.3) is 0 Å². The van der Waals surface area contributed by atoms with Crippen molar-refractivity contribution in [2.24, 2.45) is 0 Å². The van der Waals surface area contributed by atoms with Crippen molar-refractivity contribution in [1.29, 1.82) is 0 Å². The zero-order valence-corrected chi connectivity index (χ0v) is 8.97. The van der Waals surface area contributed by atoms with Crippen molar-refractivity contribution in [3.63, 3.8) is 0 Å². The molecule has 0 aliphatic rings. The van der Waals surface area contributed by atoms with E-state index in [-0.39, 0.29) is 0 Å². The summed E-state index contributed by atoms with van der Waals surface area (Å²) in [5, 5.41) is 10.2. The van der Waals surface area contributed by atoms with Gasteiger partial charge in [-0.05, 0) is 24.6 Å². The Balaban J connectivity index is 2.29. The smallest absolute Gasteiger partial charge is 0.143 e. The molecule has 1 aromatic carbocycles. The first-order valence-electron chi connectivity index (χ1n) is 4.49. The number of nitrogens with two attached hydrogens (primary N) is 1. The molecule has 0 bridgehead atoms. The lowest BCUT2D eigenvalue weighted by atomic mass is 10.2. The van der Waals surface area contributed by atoms with E-state index in [0.29, 0.717) is 10.8 Å². The first kappa shape index (κ1) is 9.86. The number of H-pyrrole nitrogens is 1. The summed E-state index contributed by atoms with van der Waals surface area (Å²) in [6.45, 7) is 1.99.